The van der Waals surface area contributed by atoms with E-state index in [4.69, 9.17) is 18.9 Å². The average Bonchev–Trinajstić information content (AvgIpc) is 3.03. The number of esters is 1. The summed E-state index contributed by atoms with van der Waals surface area (Å²) in [6, 6.07) is 11.0. The zero-order valence-electron chi connectivity index (χ0n) is 15.0. The summed E-state index contributed by atoms with van der Waals surface area (Å²) in [4.78, 5) is 16.5. The fourth-order valence-electron chi connectivity index (χ4n) is 2.76. The molecule has 0 N–H and O–H groups in total. The molecule has 1 aliphatic heterocycles. The van der Waals surface area contributed by atoms with E-state index in [9.17, 15) is 4.79 Å². The summed E-state index contributed by atoms with van der Waals surface area (Å²) in [5.41, 5.74) is 2.32. The van der Waals surface area contributed by atoms with Crippen LogP contribution in [0.2, 0.25) is 0 Å². The van der Waals surface area contributed by atoms with Crippen molar-refractivity contribution in [1.29, 1.82) is 0 Å². The van der Waals surface area contributed by atoms with E-state index >= 15 is 0 Å². The van der Waals surface area contributed by atoms with E-state index in [0.717, 1.165) is 11.1 Å². The molecule has 0 fully saturated rings. The van der Waals surface area contributed by atoms with Crippen LogP contribution >= 0.6 is 0 Å². The molecule has 0 atom stereocenters. The maximum absolute atomic E-state index is 12.2. The van der Waals surface area contributed by atoms with E-state index in [-0.39, 0.29) is 11.6 Å². The van der Waals surface area contributed by atoms with Gasteiger partial charge in [0, 0.05) is 16.7 Å². The molecule has 2 aromatic carbocycles. The number of aliphatic imine (C=N–C) groups is 1. The third-order valence-corrected chi connectivity index (χ3v) is 4.03. The zero-order chi connectivity index (χ0) is 18.7. The first-order chi connectivity index (χ1) is 12.6. The fraction of sp³-hybridized carbons (Fsp3) is 0.200. The summed E-state index contributed by atoms with van der Waals surface area (Å²) < 4.78 is 21.6. The minimum absolute atomic E-state index is 0.176. The summed E-state index contributed by atoms with van der Waals surface area (Å²) in [7, 11) is 4.66. The molecule has 0 aliphatic carbocycles. The van der Waals surface area contributed by atoms with Crippen molar-refractivity contribution in [3.8, 4) is 17.2 Å². The number of hydrogen-bond acceptors (Lipinski definition) is 6. The average molecular weight is 353 g/mol. The van der Waals surface area contributed by atoms with Gasteiger partial charge in [-0.1, -0.05) is 18.2 Å². The van der Waals surface area contributed by atoms with Gasteiger partial charge < -0.3 is 18.9 Å². The molecule has 1 aliphatic rings. The van der Waals surface area contributed by atoms with E-state index < -0.39 is 5.97 Å². The first kappa shape index (κ1) is 17.5. The molecule has 0 amide bonds. The SMILES string of the molecule is COc1cc(/C=C2/N=C(c3ccccc3)OC2=O)c(OC)c(OC)c1C. The molecule has 0 aromatic heterocycles. The topological polar surface area (TPSA) is 66.4 Å². The van der Waals surface area contributed by atoms with Crippen molar-refractivity contribution in [3.63, 3.8) is 0 Å². The third kappa shape index (κ3) is 3.13. The molecule has 0 spiro atoms. The van der Waals surface area contributed by atoms with Gasteiger partial charge in [-0.25, -0.2) is 9.79 Å². The lowest BCUT2D eigenvalue weighted by Gasteiger charge is -2.16. The monoisotopic (exact) mass is 353 g/mol. The normalized spacial score (nSPS) is 14.8. The van der Waals surface area contributed by atoms with Crippen LogP contribution in [0.25, 0.3) is 6.08 Å². The Kier molecular flexibility index (Phi) is 4.93. The number of ether oxygens (including phenoxy) is 4. The van der Waals surface area contributed by atoms with E-state index in [1.807, 2.05) is 37.3 Å². The summed E-state index contributed by atoms with van der Waals surface area (Å²) >= 11 is 0. The van der Waals surface area contributed by atoms with Crippen molar-refractivity contribution >= 4 is 17.9 Å². The highest BCUT2D eigenvalue weighted by Crippen LogP contribution is 2.41. The van der Waals surface area contributed by atoms with Crippen molar-refractivity contribution in [2.45, 2.75) is 6.92 Å². The summed E-state index contributed by atoms with van der Waals surface area (Å²) in [6.45, 7) is 1.87. The molecule has 26 heavy (non-hydrogen) atoms. The Labute approximate surface area is 151 Å². The lowest BCUT2D eigenvalue weighted by atomic mass is 10.1. The number of methoxy groups -OCH3 is 3. The first-order valence-corrected chi connectivity index (χ1v) is 7.96. The fourth-order valence-corrected chi connectivity index (χ4v) is 2.76. The maximum Gasteiger partial charge on any atom is 0.363 e. The quantitative estimate of drug-likeness (QED) is 0.609. The van der Waals surface area contributed by atoms with Crippen LogP contribution in [0.1, 0.15) is 16.7 Å². The second-order valence-electron chi connectivity index (χ2n) is 5.56. The molecule has 0 unspecified atom stereocenters. The minimum Gasteiger partial charge on any atom is -0.496 e. The molecule has 0 bridgehead atoms. The predicted molar refractivity (Wildman–Crippen MR) is 97.9 cm³/mol. The molecule has 2 aromatic rings. The number of rotatable bonds is 5. The van der Waals surface area contributed by atoms with Crippen LogP contribution in [0, 0.1) is 6.92 Å². The van der Waals surface area contributed by atoms with Gasteiger partial charge in [-0.3, -0.25) is 0 Å². The van der Waals surface area contributed by atoms with Gasteiger partial charge in [0.25, 0.3) is 0 Å². The van der Waals surface area contributed by atoms with Gasteiger partial charge in [0.2, 0.25) is 5.90 Å². The van der Waals surface area contributed by atoms with E-state index in [2.05, 4.69) is 4.99 Å². The lowest BCUT2D eigenvalue weighted by Crippen LogP contribution is -2.05. The molecule has 1 heterocycles. The molecule has 0 saturated heterocycles. The highest BCUT2D eigenvalue weighted by molar-refractivity contribution is 6.13. The van der Waals surface area contributed by atoms with E-state index in [1.165, 1.54) is 7.11 Å². The molecule has 0 radical (unpaired) electrons. The van der Waals surface area contributed by atoms with Crippen LogP contribution in [-0.4, -0.2) is 33.2 Å². The Morgan fingerprint density at radius 2 is 1.69 bits per heavy atom. The third-order valence-electron chi connectivity index (χ3n) is 4.03. The molecule has 6 nitrogen and oxygen atoms in total. The number of carbonyl (C=O) groups is 1. The highest BCUT2D eigenvalue weighted by atomic mass is 16.6. The number of hydrogen-bond donors (Lipinski definition) is 0. The standard InChI is InChI=1S/C20H19NO5/c1-12-16(23-2)11-14(18(25-4)17(12)24-3)10-15-20(22)26-19(21-15)13-8-6-5-7-9-13/h5-11H,1-4H3/b15-10+. The molecular formula is C20H19NO5. The van der Waals surface area contributed by atoms with Crippen molar-refractivity contribution in [2.24, 2.45) is 4.99 Å². The summed E-state index contributed by atoms with van der Waals surface area (Å²) in [5, 5.41) is 0. The highest BCUT2D eigenvalue weighted by Gasteiger charge is 2.25. The van der Waals surface area contributed by atoms with Crippen molar-refractivity contribution in [2.75, 3.05) is 21.3 Å². The van der Waals surface area contributed by atoms with Crippen molar-refractivity contribution in [1.82, 2.24) is 0 Å². The van der Waals surface area contributed by atoms with Gasteiger partial charge in [-0.2, -0.15) is 0 Å². The lowest BCUT2D eigenvalue weighted by molar-refractivity contribution is -0.129. The van der Waals surface area contributed by atoms with Gasteiger partial charge in [-0.15, -0.1) is 0 Å². The zero-order valence-corrected chi connectivity index (χ0v) is 15.0. The number of benzene rings is 2. The minimum atomic E-state index is -0.524. The van der Waals surface area contributed by atoms with Crippen LogP contribution in [0.4, 0.5) is 0 Å². The largest absolute Gasteiger partial charge is 0.496 e. The van der Waals surface area contributed by atoms with Crippen molar-refractivity contribution < 1.29 is 23.7 Å². The van der Waals surface area contributed by atoms with Crippen LogP contribution in [0.3, 0.4) is 0 Å². The van der Waals surface area contributed by atoms with E-state index in [1.54, 1.807) is 26.4 Å². The Morgan fingerprint density at radius 3 is 2.31 bits per heavy atom. The van der Waals surface area contributed by atoms with Gasteiger partial charge >= 0.3 is 5.97 Å². The van der Waals surface area contributed by atoms with Gasteiger partial charge in [0.15, 0.2) is 17.2 Å². The Morgan fingerprint density at radius 1 is 1.00 bits per heavy atom. The second-order valence-corrected chi connectivity index (χ2v) is 5.56. The molecular weight excluding hydrogens is 334 g/mol. The van der Waals surface area contributed by atoms with Gasteiger partial charge in [0.1, 0.15) is 5.75 Å². The van der Waals surface area contributed by atoms with Crippen LogP contribution < -0.4 is 14.2 Å². The van der Waals surface area contributed by atoms with Crippen LogP contribution in [-0.2, 0) is 9.53 Å². The summed E-state index contributed by atoms with van der Waals surface area (Å²) in [5.74, 6) is 1.40. The first-order valence-electron chi connectivity index (χ1n) is 7.96. The summed E-state index contributed by atoms with van der Waals surface area (Å²) in [6.07, 6.45) is 1.60. The van der Waals surface area contributed by atoms with Gasteiger partial charge in [-0.05, 0) is 31.2 Å². The molecule has 134 valence electrons. The Bertz CT molecular complexity index is 900. The number of nitrogens with zero attached hydrogens (tertiary/aromatic N) is 1. The van der Waals surface area contributed by atoms with Gasteiger partial charge in [0.05, 0.1) is 21.3 Å². The van der Waals surface area contributed by atoms with Crippen LogP contribution in [0.5, 0.6) is 17.2 Å². The van der Waals surface area contributed by atoms with Crippen molar-refractivity contribution in [3.05, 3.63) is 58.8 Å². The Hall–Kier alpha value is -3.28. The smallest absolute Gasteiger partial charge is 0.363 e. The molecule has 6 heteroatoms. The second kappa shape index (κ2) is 7.31. The van der Waals surface area contributed by atoms with E-state index in [0.29, 0.717) is 22.8 Å². The number of carbonyl (C=O) groups excluding carboxylic acids is 1. The number of cyclic esters (lactones) is 1. The molecule has 0 saturated carbocycles. The Balaban J connectivity index is 2.09. The van der Waals surface area contributed by atoms with Crippen LogP contribution in [0.15, 0.2) is 47.1 Å². The predicted octanol–water partition coefficient (Wildman–Crippen LogP) is 3.37. The maximum atomic E-state index is 12.2. The molecule has 3 rings (SSSR count).